The summed E-state index contributed by atoms with van der Waals surface area (Å²) in [6, 6.07) is 8.90. The Balaban J connectivity index is 2.38. The molecule has 0 heterocycles. The molecule has 6 nitrogen and oxygen atoms in total. The molecule has 0 saturated heterocycles. The van der Waals surface area contributed by atoms with Crippen LogP contribution in [0.25, 0.3) is 6.08 Å². The largest absolute Gasteiger partial charge is 0.464 e. The molecule has 0 radical (unpaired) electrons. The molecule has 1 aromatic rings. The van der Waals surface area contributed by atoms with E-state index in [1.165, 1.54) is 6.08 Å². The minimum absolute atomic E-state index is 0.164. The van der Waals surface area contributed by atoms with Crippen LogP contribution in [0.3, 0.4) is 0 Å². The zero-order valence-corrected chi connectivity index (χ0v) is 16.9. The predicted molar refractivity (Wildman–Crippen MR) is 110 cm³/mol. The van der Waals surface area contributed by atoms with Gasteiger partial charge in [-0.3, -0.25) is 9.59 Å². The van der Waals surface area contributed by atoms with Gasteiger partial charge in [-0.15, -0.1) is 0 Å². The van der Waals surface area contributed by atoms with Crippen molar-refractivity contribution in [2.75, 3.05) is 13.2 Å². The highest BCUT2D eigenvalue weighted by molar-refractivity contribution is 5.95. The van der Waals surface area contributed by atoms with Gasteiger partial charge in [-0.05, 0) is 51.7 Å². The lowest BCUT2D eigenvalue weighted by molar-refractivity contribution is -0.147. The SMILES string of the molecule is C/C=C(\C)C(=O)N[C@@H](CCCCNC(=O)C=Cc1ccccc1)C(=O)OCC. The normalized spacial score (nSPS) is 12.5. The quantitative estimate of drug-likeness (QED) is 0.348. The highest BCUT2D eigenvalue weighted by Gasteiger charge is 2.21. The zero-order chi connectivity index (χ0) is 20.8. The summed E-state index contributed by atoms with van der Waals surface area (Å²) in [7, 11) is 0. The van der Waals surface area contributed by atoms with Gasteiger partial charge in [-0.25, -0.2) is 4.79 Å². The molecule has 1 aromatic carbocycles. The summed E-state index contributed by atoms with van der Waals surface area (Å²) in [5.74, 6) is -0.878. The van der Waals surface area contributed by atoms with Gasteiger partial charge >= 0.3 is 5.97 Å². The van der Waals surface area contributed by atoms with Crippen LogP contribution in [0, 0.1) is 0 Å². The van der Waals surface area contributed by atoms with Gasteiger partial charge in [-0.2, -0.15) is 0 Å². The number of amides is 2. The Kier molecular flexibility index (Phi) is 11.0. The first-order valence-corrected chi connectivity index (χ1v) is 9.59. The maximum Gasteiger partial charge on any atom is 0.328 e. The number of carbonyl (C=O) groups excluding carboxylic acids is 3. The highest BCUT2D eigenvalue weighted by atomic mass is 16.5. The van der Waals surface area contributed by atoms with Gasteiger partial charge in [0.15, 0.2) is 0 Å². The number of ether oxygens (including phenoxy) is 1. The van der Waals surface area contributed by atoms with Crippen molar-refractivity contribution in [3.63, 3.8) is 0 Å². The smallest absolute Gasteiger partial charge is 0.328 e. The van der Waals surface area contributed by atoms with Crippen LogP contribution in [-0.4, -0.2) is 37.0 Å². The maximum atomic E-state index is 12.0. The van der Waals surface area contributed by atoms with Gasteiger partial charge in [0.05, 0.1) is 6.61 Å². The molecule has 6 heteroatoms. The number of rotatable bonds is 11. The molecular weight excluding hydrogens is 356 g/mol. The van der Waals surface area contributed by atoms with Gasteiger partial charge in [-0.1, -0.05) is 36.4 Å². The Morgan fingerprint density at radius 2 is 1.86 bits per heavy atom. The summed E-state index contributed by atoms with van der Waals surface area (Å²) in [6.45, 7) is 5.94. The van der Waals surface area contributed by atoms with E-state index in [0.29, 0.717) is 31.4 Å². The molecule has 1 rings (SSSR count). The van der Waals surface area contributed by atoms with E-state index < -0.39 is 12.0 Å². The summed E-state index contributed by atoms with van der Waals surface area (Å²) in [4.78, 5) is 35.9. The van der Waals surface area contributed by atoms with Crippen LogP contribution in [0.2, 0.25) is 0 Å². The summed E-state index contributed by atoms with van der Waals surface area (Å²) in [5, 5.41) is 5.52. The fourth-order valence-corrected chi connectivity index (χ4v) is 2.38. The maximum absolute atomic E-state index is 12.0. The van der Waals surface area contributed by atoms with E-state index in [4.69, 9.17) is 4.74 Å². The van der Waals surface area contributed by atoms with Crippen LogP contribution in [0.5, 0.6) is 0 Å². The molecule has 2 amide bonds. The number of carbonyl (C=O) groups is 3. The number of hydrogen-bond donors (Lipinski definition) is 2. The molecule has 0 aliphatic rings. The van der Waals surface area contributed by atoms with Crippen LogP contribution < -0.4 is 10.6 Å². The van der Waals surface area contributed by atoms with E-state index in [9.17, 15) is 14.4 Å². The molecule has 0 aliphatic carbocycles. The van der Waals surface area contributed by atoms with Crippen LogP contribution in [0.4, 0.5) is 0 Å². The third-order valence-corrected chi connectivity index (χ3v) is 4.11. The van der Waals surface area contributed by atoms with Gasteiger partial charge in [0, 0.05) is 18.2 Å². The van der Waals surface area contributed by atoms with Crippen molar-refractivity contribution in [2.24, 2.45) is 0 Å². The van der Waals surface area contributed by atoms with Gasteiger partial charge < -0.3 is 15.4 Å². The van der Waals surface area contributed by atoms with E-state index in [2.05, 4.69) is 10.6 Å². The topological polar surface area (TPSA) is 84.5 Å². The summed E-state index contributed by atoms with van der Waals surface area (Å²) >= 11 is 0. The van der Waals surface area contributed by atoms with Crippen LogP contribution in [0.15, 0.2) is 48.1 Å². The Bertz CT molecular complexity index is 696. The Morgan fingerprint density at radius 1 is 1.14 bits per heavy atom. The van der Waals surface area contributed by atoms with Gasteiger partial charge in [0.2, 0.25) is 11.8 Å². The molecule has 28 heavy (non-hydrogen) atoms. The molecule has 0 aliphatic heterocycles. The lowest BCUT2D eigenvalue weighted by Gasteiger charge is -2.17. The molecule has 0 fully saturated rings. The first-order valence-electron chi connectivity index (χ1n) is 9.59. The van der Waals surface area contributed by atoms with Crippen molar-refractivity contribution < 1.29 is 19.1 Å². The van der Waals surface area contributed by atoms with Crippen molar-refractivity contribution in [2.45, 2.75) is 46.1 Å². The van der Waals surface area contributed by atoms with E-state index in [1.807, 2.05) is 30.3 Å². The molecular formula is C22H30N2O4. The standard InChI is InChI=1S/C22H30N2O4/c1-4-17(3)21(26)24-19(22(27)28-5-2)13-9-10-16-23-20(25)15-14-18-11-7-6-8-12-18/h4,6-8,11-12,14-15,19H,5,9-10,13,16H2,1-3H3,(H,23,25)(H,24,26)/b15-14?,17-4+/t19-/m0/s1. The second-order valence-corrected chi connectivity index (χ2v) is 6.28. The summed E-state index contributed by atoms with van der Waals surface area (Å²) < 4.78 is 5.04. The lowest BCUT2D eigenvalue weighted by atomic mass is 10.1. The number of nitrogens with one attached hydrogen (secondary N) is 2. The van der Waals surface area contributed by atoms with Gasteiger partial charge in [0.25, 0.3) is 0 Å². The Hall–Kier alpha value is -2.89. The average Bonchev–Trinajstić information content (AvgIpc) is 2.71. The molecule has 0 saturated carbocycles. The monoisotopic (exact) mass is 386 g/mol. The van der Waals surface area contributed by atoms with Crippen molar-refractivity contribution in [3.8, 4) is 0 Å². The number of allylic oxidation sites excluding steroid dienone is 1. The number of unbranched alkanes of at least 4 members (excludes halogenated alkanes) is 1. The fraction of sp³-hybridized carbons (Fsp3) is 0.409. The van der Waals surface area contributed by atoms with Crippen molar-refractivity contribution >= 4 is 23.9 Å². The summed E-state index contributed by atoms with van der Waals surface area (Å²) in [6.07, 6.45) is 6.76. The van der Waals surface area contributed by atoms with Gasteiger partial charge in [0.1, 0.15) is 6.04 Å². The van der Waals surface area contributed by atoms with Crippen molar-refractivity contribution in [1.82, 2.24) is 10.6 Å². The van der Waals surface area contributed by atoms with Crippen molar-refractivity contribution in [1.29, 1.82) is 0 Å². The van der Waals surface area contributed by atoms with E-state index in [0.717, 1.165) is 5.56 Å². The van der Waals surface area contributed by atoms with E-state index in [1.54, 1.807) is 32.9 Å². The second kappa shape index (κ2) is 13.3. The van der Waals surface area contributed by atoms with Crippen LogP contribution in [-0.2, 0) is 19.1 Å². The van der Waals surface area contributed by atoms with E-state index >= 15 is 0 Å². The Morgan fingerprint density at radius 3 is 2.50 bits per heavy atom. The molecule has 2 N–H and O–H groups in total. The lowest BCUT2D eigenvalue weighted by Crippen LogP contribution is -2.42. The van der Waals surface area contributed by atoms with Crippen LogP contribution >= 0.6 is 0 Å². The highest BCUT2D eigenvalue weighted by Crippen LogP contribution is 2.05. The first kappa shape index (κ1) is 23.1. The Labute approximate surface area is 167 Å². The second-order valence-electron chi connectivity index (χ2n) is 6.28. The molecule has 1 atom stereocenters. The number of benzene rings is 1. The number of esters is 1. The molecule has 152 valence electrons. The number of hydrogen-bond acceptors (Lipinski definition) is 4. The fourth-order valence-electron chi connectivity index (χ4n) is 2.38. The first-order chi connectivity index (χ1) is 13.5. The molecule has 0 bridgehead atoms. The van der Waals surface area contributed by atoms with Crippen molar-refractivity contribution in [3.05, 3.63) is 53.6 Å². The molecule has 0 spiro atoms. The van der Waals surface area contributed by atoms with E-state index in [-0.39, 0.29) is 18.4 Å². The summed E-state index contributed by atoms with van der Waals surface area (Å²) in [5.41, 5.74) is 1.51. The average molecular weight is 386 g/mol. The minimum atomic E-state index is -0.684. The third-order valence-electron chi connectivity index (χ3n) is 4.11. The zero-order valence-electron chi connectivity index (χ0n) is 16.9. The molecule has 0 aromatic heterocycles. The predicted octanol–water partition coefficient (Wildman–Crippen LogP) is 3.00. The molecule has 0 unspecified atom stereocenters. The van der Waals surface area contributed by atoms with Crippen LogP contribution in [0.1, 0.15) is 45.6 Å². The third kappa shape index (κ3) is 9.16. The minimum Gasteiger partial charge on any atom is -0.464 e.